The van der Waals surface area contributed by atoms with Crippen LogP contribution in [0.4, 0.5) is 0 Å². The van der Waals surface area contributed by atoms with Crippen LogP contribution >= 0.6 is 0 Å². The number of hydrogen-bond donors (Lipinski definition) is 3. The monoisotopic (exact) mass is 518 g/mol. The summed E-state index contributed by atoms with van der Waals surface area (Å²) in [4.78, 5) is 12.5. The molecular formula is C32H54O5. The molecule has 10 atom stereocenters. The van der Waals surface area contributed by atoms with E-state index in [0.29, 0.717) is 37.5 Å². The molecule has 0 amide bonds. The third-order valence-electron chi connectivity index (χ3n) is 12.8. The van der Waals surface area contributed by atoms with Gasteiger partial charge in [-0.1, -0.05) is 46.3 Å². The molecule has 0 spiro atoms. The van der Waals surface area contributed by atoms with Crippen LogP contribution in [0.2, 0.25) is 0 Å². The van der Waals surface area contributed by atoms with Gasteiger partial charge < -0.3 is 20.1 Å². The largest absolute Gasteiger partial charge is 0.462 e. The van der Waals surface area contributed by atoms with Gasteiger partial charge in [0.25, 0.3) is 0 Å². The lowest BCUT2D eigenvalue weighted by Crippen LogP contribution is -2.70. The van der Waals surface area contributed by atoms with Gasteiger partial charge in [-0.3, -0.25) is 4.79 Å². The fourth-order valence-electron chi connectivity index (χ4n) is 10.6. The Morgan fingerprint density at radius 3 is 2.22 bits per heavy atom. The first-order valence-corrected chi connectivity index (χ1v) is 14.8. The van der Waals surface area contributed by atoms with Gasteiger partial charge >= 0.3 is 5.97 Å². The van der Waals surface area contributed by atoms with Crippen molar-refractivity contribution in [2.45, 2.75) is 144 Å². The van der Waals surface area contributed by atoms with Crippen molar-refractivity contribution in [1.82, 2.24) is 0 Å². The van der Waals surface area contributed by atoms with Crippen molar-refractivity contribution in [3.63, 3.8) is 0 Å². The highest BCUT2D eigenvalue weighted by atomic mass is 16.5. The fourth-order valence-corrected chi connectivity index (χ4v) is 10.6. The van der Waals surface area contributed by atoms with Crippen molar-refractivity contribution in [3.8, 4) is 0 Å². The molecule has 4 fully saturated rings. The molecular weight excluding hydrogens is 464 g/mol. The molecule has 0 saturated heterocycles. The van der Waals surface area contributed by atoms with Crippen LogP contribution in [0, 0.1) is 39.4 Å². The number of ether oxygens (including phenoxy) is 1. The molecule has 0 radical (unpaired) electrons. The average molecular weight is 519 g/mol. The smallest absolute Gasteiger partial charge is 0.302 e. The molecule has 4 rings (SSSR count). The molecule has 37 heavy (non-hydrogen) atoms. The number of aliphatic hydroxyl groups excluding tert-OH is 1. The minimum Gasteiger partial charge on any atom is -0.462 e. The topological polar surface area (TPSA) is 87.0 Å². The van der Waals surface area contributed by atoms with Crippen LogP contribution in [0.25, 0.3) is 0 Å². The van der Waals surface area contributed by atoms with Crippen LogP contribution in [0.5, 0.6) is 0 Å². The van der Waals surface area contributed by atoms with Crippen molar-refractivity contribution in [2.75, 3.05) is 0 Å². The summed E-state index contributed by atoms with van der Waals surface area (Å²) < 4.78 is 6.12. The SMILES string of the molecule is CC(=O)OC1CC2[C@@]3(C)CC[C@@H](O)C(C)(C)C3CC[C@@]2(C)[C@]2(C)CC[C@](O)(C(C)(O)CCC=C(C)C)C12. The van der Waals surface area contributed by atoms with Gasteiger partial charge in [0.15, 0.2) is 0 Å². The molecule has 0 aromatic rings. The van der Waals surface area contributed by atoms with Crippen molar-refractivity contribution in [1.29, 1.82) is 0 Å². The van der Waals surface area contributed by atoms with Gasteiger partial charge in [-0.2, -0.15) is 0 Å². The molecule has 3 N–H and O–H groups in total. The normalized spacial score (nSPS) is 48.2. The summed E-state index contributed by atoms with van der Waals surface area (Å²) in [7, 11) is 0. The van der Waals surface area contributed by atoms with E-state index in [-0.39, 0.29) is 39.7 Å². The van der Waals surface area contributed by atoms with Crippen molar-refractivity contribution in [3.05, 3.63) is 11.6 Å². The fraction of sp³-hybridized carbons (Fsp3) is 0.906. The highest BCUT2D eigenvalue weighted by molar-refractivity contribution is 5.66. The molecule has 0 aliphatic heterocycles. The third-order valence-corrected chi connectivity index (χ3v) is 12.8. The van der Waals surface area contributed by atoms with Gasteiger partial charge in [-0.15, -0.1) is 0 Å². The van der Waals surface area contributed by atoms with Crippen LogP contribution in [0.3, 0.4) is 0 Å². The number of rotatable bonds is 5. The molecule has 0 aromatic heterocycles. The van der Waals surface area contributed by atoms with E-state index in [1.165, 1.54) is 12.5 Å². The quantitative estimate of drug-likeness (QED) is 0.299. The number of carbonyl (C=O) groups excluding carboxylic acids is 1. The molecule has 5 nitrogen and oxygen atoms in total. The molecule has 4 saturated carbocycles. The lowest BCUT2D eigenvalue weighted by Gasteiger charge is -2.71. The minimum absolute atomic E-state index is 0.0226. The molecule has 212 valence electrons. The maximum atomic E-state index is 12.5. The predicted molar refractivity (Wildman–Crippen MR) is 147 cm³/mol. The number of aliphatic hydroxyl groups is 3. The second-order valence-electron chi connectivity index (χ2n) is 15.2. The maximum Gasteiger partial charge on any atom is 0.302 e. The zero-order valence-corrected chi connectivity index (χ0v) is 25.0. The minimum atomic E-state index is -1.33. The summed E-state index contributed by atoms with van der Waals surface area (Å²) in [6, 6.07) is 0. The number of hydrogen-bond acceptors (Lipinski definition) is 5. The van der Waals surface area contributed by atoms with Crippen LogP contribution in [0.15, 0.2) is 11.6 Å². The van der Waals surface area contributed by atoms with Crippen LogP contribution in [-0.2, 0) is 9.53 Å². The summed E-state index contributed by atoms with van der Waals surface area (Å²) >= 11 is 0. The van der Waals surface area contributed by atoms with E-state index in [2.05, 4.69) is 54.5 Å². The van der Waals surface area contributed by atoms with Gasteiger partial charge in [-0.25, -0.2) is 0 Å². The zero-order chi connectivity index (χ0) is 27.8. The predicted octanol–water partition coefficient (Wildman–Crippen LogP) is 6.19. The summed E-state index contributed by atoms with van der Waals surface area (Å²) in [6.07, 6.45) is 8.47. The summed E-state index contributed by atoms with van der Waals surface area (Å²) in [5.74, 6) is 0.0713. The Morgan fingerprint density at radius 1 is 0.973 bits per heavy atom. The first kappa shape index (κ1) is 29.1. The first-order valence-electron chi connectivity index (χ1n) is 14.8. The Balaban J connectivity index is 1.79. The van der Waals surface area contributed by atoms with Gasteiger partial charge in [0.1, 0.15) is 6.10 Å². The maximum absolute atomic E-state index is 12.5. The van der Waals surface area contributed by atoms with Crippen LogP contribution in [-0.4, -0.2) is 44.7 Å². The number of fused-ring (bicyclic) bond motifs is 5. The summed E-state index contributed by atoms with van der Waals surface area (Å²) in [5.41, 5.74) is -1.89. The Kier molecular flexibility index (Phi) is 7.12. The Labute approximate surface area is 225 Å². The lowest BCUT2D eigenvalue weighted by molar-refractivity contribution is -0.274. The average Bonchev–Trinajstić information content (AvgIpc) is 3.06. The Morgan fingerprint density at radius 2 is 1.62 bits per heavy atom. The standard InChI is InChI=1S/C32H54O5/c1-20(2)11-10-14-31(9,35)32(36)18-17-30(8)26(32)22(37-21(3)33)19-24-28(6)15-13-25(34)27(4,5)23(28)12-16-29(24,30)7/h11,22-26,34-36H,10,12-19H2,1-9H3/t22?,23?,24?,25-,26?,28+,29-,30-,31?,32-/m1/s1. The highest BCUT2D eigenvalue weighted by Crippen LogP contribution is 2.76. The Hall–Kier alpha value is -0.910. The van der Waals surface area contributed by atoms with E-state index < -0.39 is 17.3 Å². The number of carbonyl (C=O) groups is 1. The molecule has 4 aliphatic rings. The van der Waals surface area contributed by atoms with Gasteiger partial charge in [0.2, 0.25) is 0 Å². The van der Waals surface area contributed by atoms with E-state index in [9.17, 15) is 20.1 Å². The second-order valence-corrected chi connectivity index (χ2v) is 15.2. The van der Waals surface area contributed by atoms with Crippen molar-refractivity contribution >= 4 is 5.97 Å². The summed E-state index contributed by atoms with van der Waals surface area (Å²) in [5, 5.41) is 35.3. The zero-order valence-electron chi connectivity index (χ0n) is 25.0. The number of allylic oxidation sites excluding steroid dienone is 2. The van der Waals surface area contributed by atoms with E-state index in [0.717, 1.165) is 32.1 Å². The van der Waals surface area contributed by atoms with E-state index in [1.807, 2.05) is 0 Å². The second kappa shape index (κ2) is 9.06. The molecule has 5 unspecified atom stereocenters. The van der Waals surface area contributed by atoms with Crippen molar-refractivity contribution < 1.29 is 24.9 Å². The molecule has 4 aliphatic carbocycles. The molecule has 5 heteroatoms. The third kappa shape index (κ3) is 4.08. The van der Waals surface area contributed by atoms with Crippen LogP contribution < -0.4 is 0 Å². The van der Waals surface area contributed by atoms with E-state index >= 15 is 0 Å². The first-order chi connectivity index (χ1) is 16.9. The van der Waals surface area contributed by atoms with Crippen LogP contribution in [0.1, 0.15) is 120 Å². The molecule has 0 aromatic carbocycles. The number of esters is 1. The van der Waals surface area contributed by atoms with Gasteiger partial charge in [0, 0.05) is 12.8 Å². The van der Waals surface area contributed by atoms with Gasteiger partial charge in [0.05, 0.1) is 17.3 Å². The highest BCUT2D eigenvalue weighted by Gasteiger charge is 2.75. The summed E-state index contributed by atoms with van der Waals surface area (Å²) in [6.45, 7) is 19.0. The molecule has 0 heterocycles. The molecule has 0 bridgehead atoms. The van der Waals surface area contributed by atoms with E-state index in [4.69, 9.17) is 4.74 Å². The van der Waals surface area contributed by atoms with Crippen molar-refractivity contribution in [2.24, 2.45) is 39.4 Å². The van der Waals surface area contributed by atoms with Gasteiger partial charge in [-0.05, 0) is 112 Å². The Bertz CT molecular complexity index is 933. The van der Waals surface area contributed by atoms with E-state index in [1.54, 1.807) is 6.92 Å². The lowest BCUT2D eigenvalue weighted by atomic mass is 9.35.